The Morgan fingerprint density at radius 1 is 1.37 bits per heavy atom. The maximum Gasteiger partial charge on any atom is 0.311 e. The van der Waals surface area contributed by atoms with Gasteiger partial charge in [-0.3, -0.25) is 9.59 Å². The highest BCUT2D eigenvalue weighted by Crippen LogP contribution is 2.21. The molecular weight excluding hydrogens is 251 g/mol. The van der Waals surface area contributed by atoms with Crippen LogP contribution in [0.5, 0.6) is 0 Å². The monoisotopic (exact) mass is 264 g/mol. The molecule has 1 aliphatic rings. The number of rotatable bonds is 3. The van der Waals surface area contributed by atoms with Crippen LogP contribution in [-0.4, -0.2) is 23.5 Å². The molecular formula is C13H13FN2O3. The van der Waals surface area contributed by atoms with Gasteiger partial charge in [0.05, 0.1) is 11.6 Å². The number of halogens is 1. The molecule has 1 amide bonds. The number of anilines is 1. The number of carbonyl (C=O) groups is 2. The van der Waals surface area contributed by atoms with Gasteiger partial charge < -0.3 is 15.7 Å². The zero-order valence-electron chi connectivity index (χ0n) is 10.0. The second-order valence-corrected chi connectivity index (χ2v) is 4.17. The average molecular weight is 264 g/mol. The van der Waals surface area contributed by atoms with Crippen LogP contribution in [0.1, 0.15) is 6.42 Å². The Morgan fingerprint density at radius 3 is 2.79 bits per heavy atom. The van der Waals surface area contributed by atoms with Crippen molar-refractivity contribution in [3.8, 4) is 0 Å². The van der Waals surface area contributed by atoms with Crippen LogP contribution in [-0.2, 0) is 9.59 Å². The highest BCUT2D eigenvalue weighted by molar-refractivity contribution is 6.07. The quantitative estimate of drug-likeness (QED) is 0.770. The molecule has 1 aromatic carbocycles. The van der Waals surface area contributed by atoms with E-state index in [0.29, 0.717) is 13.0 Å². The van der Waals surface area contributed by atoms with Crippen LogP contribution in [0.25, 0.3) is 0 Å². The van der Waals surface area contributed by atoms with Crippen LogP contribution in [0.4, 0.5) is 10.1 Å². The molecule has 1 aromatic rings. The lowest BCUT2D eigenvalue weighted by atomic mass is 9.93. The minimum atomic E-state index is -1.06. The highest BCUT2D eigenvalue weighted by Gasteiger charge is 2.29. The van der Waals surface area contributed by atoms with E-state index in [0.717, 1.165) is 0 Å². The Kier molecular flexibility index (Phi) is 3.79. The molecule has 100 valence electrons. The number of hydrogen-bond donors (Lipinski definition) is 3. The van der Waals surface area contributed by atoms with Crippen LogP contribution in [0, 0.1) is 11.7 Å². The fraction of sp³-hybridized carbons (Fsp3) is 0.231. The van der Waals surface area contributed by atoms with Gasteiger partial charge in [0.25, 0.3) is 5.91 Å². The summed E-state index contributed by atoms with van der Waals surface area (Å²) >= 11 is 0. The predicted molar refractivity (Wildman–Crippen MR) is 66.9 cm³/mol. The van der Waals surface area contributed by atoms with Crippen LogP contribution >= 0.6 is 0 Å². The van der Waals surface area contributed by atoms with Gasteiger partial charge in [-0.15, -0.1) is 0 Å². The van der Waals surface area contributed by atoms with Crippen molar-refractivity contribution in [2.24, 2.45) is 5.92 Å². The number of carboxylic acid groups (broad SMARTS) is 1. The highest BCUT2D eigenvalue weighted by atomic mass is 19.1. The summed E-state index contributed by atoms with van der Waals surface area (Å²) in [6.07, 6.45) is 1.70. The molecule has 1 atom stereocenters. The summed E-state index contributed by atoms with van der Waals surface area (Å²) in [7, 11) is 0. The number of aliphatic carboxylic acids is 1. The smallest absolute Gasteiger partial charge is 0.311 e. The number of amides is 1. The molecule has 3 N–H and O–H groups in total. The van der Waals surface area contributed by atoms with Gasteiger partial charge in [0, 0.05) is 18.3 Å². The zero-order chi connectivity index (χ0) is 13.8. The molecule has 0 fully saturated rings. The molecule has 6 heteroatoms. The van der Waals surface area contributed by atoms with Crippen molar-refractivity contribution in [3.05, 3.63) is 41.9 Å². The van der Waals surface area contributed by atoms with Gasteiger partial charge in [-0.1, -0.05) is 12.1 Å². The van der Waals surface area contributed by atoms with Gasteiger partial charge in [0.2, 0.25) is 0 Å². The summed E-state index contributed by atoms with van der Waals surface area (Å²) in [5.41, 5.74) is 0.130. The van der Waals surface area contributed by atoms with Crippen molar-refractivity contribution in [2.45, 2.75) is 6.42 Å². The molecule has 0 aliphatic carbocycles. The van der Waals surface area contributed by atoms with Crippen LogP contribution in [0.2, 0.25) is 0 Å². The van der Waals surface area contributed by atoms with Gasteiger partial charge >= 0.3 is 5.97 Å². The standard InChI is InChI=1S/C13H13FN2O3/c14-10-3-1-2-4-11(10)16-12(17)9-7-15-6-5-8(9)13(18)19/h1-4,7-8,15H,5-6H2,(H,16,17)(H,18,19). The zero-order valence-corrected chi connectivity index (χ0v) is 10.0. The number of nitrogens with one attached hydrogen (secondary N) is 2. The fourth-order valence-electron chi connectivity index (χ4n) is 1.90. The molecule has 0 aromatic heterocycles. The second-order valence-electron chi connectivity index (χ2n) is 4.17. The van der Waals surface area contributed by atoms with E-state index in [9.17, 15) is 14.0 Å². The lowest BCUT2D eigenvalue weighted by Crippen LogP contribution is -2.33. The predicted octanol–water partition coefficient (Wildman–Crippen LogP) is 1.34. The van der Waals surface area contributed by atoms with Gasteiger partial charge in [-0.25, -0.2) is 4.39 Å². The molecule has 1 unspecified atom stereocenters. The Bertz CT molecular complexity index is 542. The summed E-state index contributed by atoms with van der Waals surface area (Å²) < 4.78 is 13.4. The third-order valence-electron chi connectivity index (χ3n) is 2.89. The maximum atomic E-state index is 13.4. The lowest BCUT2D eigenvalue weighted by Gasteiger charge is -2.21. The van der Waals surface area contributed by atoms with Crippen molar-refractivity contribution in [1.82, 2.24) is 5.32 Å². The van der Waals surface area contributed by atoms with E-state index in [2.05, 4.69) is 10.6 Å². The molecule has 5 nitrogen and oxygen atoms in total. The van der Waals surface area contributed by atoms with Crippen molar-refractivity contribution < 1.29 is 19.1 Å². The number of carbonyl (C=O) groups excluding carboxylic acids is 1. The second kappa shape index (κ2) is 5.51. The molecule has 0 bridgehead atoms. The molecule has 19 heavy (non-hydrogen) atoms. The van der Waals surface area contributed by atoms with Gasteiger partial charge in [0.15, 0.2) is 0 Å². The first-order valence-electron chi connectivity index (χ1n) is 5.81. The van der Waals surface area contributed by atoms with Crippen molar-refractivity contribution >= 4 is 17.6 Å². The number of hydrogen-bond acceptors (Lipinski definition) is 3. The first-order valence-corrected chi connectivity index (χ1v) is 5.81. The van der Waals surface area contributed by atoms with Crippen LogP contribution in [0.15, 0.2) is 36.0 Å². The molecule has 1 heterocycles. The fourth-order valence-corrected chi connectivity index (χ4v) is 1.90. The maximum absolute atomic E-state index is 13.4. The van der Waals surface area contributed by atoms with Crippen molar-refractivity contribution in [2.75, 3.05) is 11.9 Å². The first kappa shape index (κ1) is 13.1. The van der Waals surface area contributed by atoms with Gasteiger partial charge in [0.1, 0.15) is 5.82 Å². The van der Waals surface area contributed by atoms with Crippen LogP contribution < -0.4 is 10.6 Å². The molecule has 0 saturated carbocycles. The minimum Gasteiger partial charge on any atom is -0.481 e. The van der Waals surface area contributed by atoms with E-state index < -0.39 is 23.6 Å². The van der Waals surface area contributed by atoms with E-state index in [1.807, 2.05) is 0 Å². The average Bonchev–Trinajstić information content (AvgIpc) is 2.41. The largest absolute Gasteiger partial charge is 0.481 e. The van der Waals surface area contributed by atoms with Crippen LogP contribution in [0.3, 0.4) is 0 Å². The number of carboxylic acids is 1. The SMILES string of the molecule is O=C(Nc1ccccc1F)C1=CNCCC1C(=O)O. The Morgan fingerprint density at radius 2 is 2.11 bits per heavy atom. The lowest BCUT2D eigenvalue weighted by molar-refractivity contribution is -0.141. The van der Waals surface area contributed by atoms with E-state index in [1.54, 1.807) is 6.07 Å². The molecule has 1 aliphatic heterocycles. The topological polar surface area (TPSA) is 78.4 Å². The van der Waals surface area contributed by atoms with E-state index >= 15 is 0 Å². The Balaban J connectivity index is 2.17. The van der Waals surface area contributed by atoms with Crippen molar-refractivity contribution in [3.63, 3.8) is 0 Å². The Hall–Kier alpha value is -2.37. The Labute approximate surface area is 109 Å². The molecule has 0 radical (unpaired) electrons. The first-order chi connectivity index (χ1) is 9.09. The van der Waals surface area contributed by atoms with E-state index in [-0.39, 0.29) is 11.3 Å². The normalized spacial score (nSPS) is 18.2. The molecule has 2 rings (SSSR count). The summed E-state index contributed by atoms with van der Waals surface area (Å²) in [4.78, 5) is 23.1. The number of benzene rings is 1. The van der Waals surface area contributed by atoms with Gasteiger partial charge in [-0.05, 0) is 18.6 Å². The number of para-hydroxylation sites is 1. The van der Waals surface area contributed by atoms with E-state index in [4.69, 9.17) is 5.11 Å². The minimum absolute atomic E-state index is 0.0307. The van der Waals surface area contributed by atoms with E-state index in [1.165, 1.54) is 24.4 Å². The summed E-state index contributed by atoms with van der Waals surface area (Å²) in [5, 5.41) is 14.3. The summed E-state index contributed by atoms with van der Waals surface area (Å²) in [5.74, 6) is -3.10. The summed E-state index contributed by atoms with van der Waals surface area (Å²) in [6.45, 7) is 0.493. The third kappa shape index (κ3) is 2.90. The summed E-state index contributed by atoms with van der Waals surface area (Å²) in [6, 6.07) is 5.73. The molecule has 0 saturated heterocycles. The molecule has 0 spiro atoms. The van der Waals surface area contributed by atoms with Crippen molar-refractivity contribution in [1.29, 1.82) is 0 Å². The van der Waals surface area contributed by atoms with Gasteiger partial charge in [-0.2, -0.15) is 0 Å². The third-order valence-corrected chi connectivity index (χ3v) is 2.89.